The lowest BCUT2D eigenvalue weighted by Gasteiger charge is -1.96. The number of rotatable bonds is 3. The molecule has 0 fully saturated rings. The lowest BCUT2D eigenvalue weighted by molar-refractivity contribution is 1.21. The van der Waals surface area contributed by atoms with Crippen molar-refractivity contribution in [3.8, 4) is 11.3 Å². The minimum absolute atomic E-state index is 0.482. The van der Waals surface area contributed by atoms with Crippen LogP contribution in [0.3, 0.4) is 0 Å². The number of thiazole rings is 1. The van der Waals surface area contributed by atoms with Crippen molar-refractivity contribution in [3.05, 3.63) is 34.4 Å². The highest BCUT2D eigenvalue weighted by Crippen LogP contribution is 2.27. The van der Waals surface area contributed by atoms with E-state index in [1.165, 1.54) is 4.88 Å². The first-order chi connectivity index (χ1) is 7.66. The van der Waals surface area contributed by atoms with Gasteiger partial charge in [0.1, 0.15) is 5.01 Å². The van der Waals surface area contributed by atoms with Crippen molar-refractivity contribution in [2.45, 2.75) is 13.3 Å². The third kappa shape index (κ3) is 2.43. The van der Waals surface area contributed by atoms with Crippen LogP contribution in [-0.4, -0.2) is 15.0 Å². The van der Waals surface area contributed by atoms with Gasteiger partial charge >= 0.3 is 0 Å². The highest BCUT2D eigenvalue weighted by atomic mass is 32.1. The Morgan fingerprint density at radius 3 is 2.75 bits per heavy atom. The molecule has 0 saturated heterocycles. The van der Waals surface area contributed by atoms with Gasteiger partial charge in [0.05, 0.1) is 10.7 Å². The number of nitrogens with zero attached hydrogens (tertiary/aromatic N) is 2. The Balaban J connectivity index is 2.36. The Bertz CT molecular complexity index is 505. The van der Waals surface area contributed by atoms with Gasteiger partial charge in [0, 0.05) is 29.3 Å². The van der Waals surface area contributed by atoms with E-state index in [-0.39, 0.29) is 0 Å². The van der Waals surface area contributed by atoms with Gasteiger partial charge in [-0.15, -0.1) is 11.3 Å². The summed E-state index contributed by atoms with van der Waals surface area (Å²) in [6, 6.07) is 3.90. The van der Waals surface area contributed by atoms with Crippen molar-refractivity contribution in [1.29, 1.82) is 0 Å². The maximum atomic E-state index is 5.51. The first-order valence-corrected chi connectivity index (χ1v) is 6.04. The lowest BCUT2D eigenvalue weighted by atomic mass is 10.2. The molecule has 2 aromatic rings. The lowest BCUT2D eigenvalue weighted by Crippen LogP contribution is -2.10. The molecular formula is C11H11N3S2. The maximum Gasteiger partial charge on any atom is 0.100 e. The number of nitrogens with two attached hydrogens (primary N) is 1. The first kappa shape index (κ1) is 11.2. The van der Waals surface area contributed by atoms with E-state index < -0.39 is 0 Å². The molecule has 0 aromatic carbocycles. The van der Waals surface area contributed by atoms with Crippen molar-refractivity contribution < 1.29 is 0 Å². The number of aryl methyl sites for hydroxylation is 1. The second-order valence-electron chi connectivity index (χ2n) is 3.39. The summed E-state index contributed by atoms with van der Waals surface area (Å²) in [7, 11) is 0. The van der Waals surface area contributed by atoms with Gasteiger partial charge < -0.3 is 5.73 Å². The third-order valence-corrected chi connectivity index (χ3v) is 3.24. The van der Waals surface area contributed by atoms with Crippen LogP contribution in [0.15, 0.2) is 24.5 Å². The van der Waals surface area contributed by atoms with Gasteiger partial charge in [-0.3, -0.25) is 4.98 Å². The van der Waals surface area contributed by atoms with E-state index >= 15 is 0 Å². The monoisotopic (exact) mass is 249 g/mol. The van der Waals surface area contributed by atoms with Crippen molar-refractivity contribution >= 4 is 28.5 Å². The predicted molar refractivity (Wildman–Crippen MR) is 70.6 cm³/mol. The highest BCUT2D eigenvalue weighted by molar-refractivity contribution is 7.80. The molecule has 0 atom stereocenters. The van der Waals surface area contributed by atoms with E-state index in [0.717, 1.165) is 16.3 Å². The zero-order valence-electron chi connectivity index (χ0n) is 8.80. The third-order valence-electron chi connectivity index (χ3n) is 2.12. The molecule has 2 heterocycles. The van der Waals surface area contributed by atoms with E-state index in [2.05, 4.69) is 16.9 Å². The minimum atomic E-state index is 0.482. The minimum Gasteiger partial charge on any atom is -0.393 e. The van der Waals surface area contributed by atoms with E-state index in [1.807, 2.05) is 12.1 Å². The van der Waals surface area contributed by atoms with E-state index in [4.69, 9.17) is 18.0 Å². The van der Waals surface area contributed by atoms with E-state index in [1.54, 1.807) is 23.7 Å². The average molecular weight is 249 g/mol. The average Bonchev–Trinajstić information content (AvgIpc) is 2.60. The van der Waals surface area contributed by atoms with Crippen LogP contribution < -0.4 is 5.73 Å². The second-order valence-corrected chi connectivity index (χ2v) is 5.20. The summed E-state index contributed by atoms with van der Waals surface area (Å²) in [6.45, 7) is 2.05. The summed E-state index contributed by atoms with van der Waals surface area (Å²) in [5.41, 5.74) is 7.59. The smallest absolute Gasteiger partial charge is 0.100 e. The molecule has 0 amide bonds. The molecule has 0 aliphatic carbocycles. The van der Waals surface area contributed by atoms with Gasteiger partial charge in [0.2, 0.25) is 0 Å². The Hall–Kier alpha value is -1.33. The molecule has 0 aliphatic rings. The summed E-state index contributed by atoms with van der Waals surface area (Å²) in [5.74, 6) is 0. The molecule has 0 unspecified atom stereocenters. The van der Waals surface area contributed by atoms with Crippen LogP contribution in [0.5, 0.6) is 0 Å². The SMILES string of the molecule is Cc1sc(CC(N)=S)nc1-c1ccncc1. The molecule has 0 aliphatic heterocycles. The zero-order chi connectivity index (χ0) is 11.5. The van der Waals surface area contributed by atoms with Gasteiger partial charge in [0.25, 0.3) is 0 Å². The van der Waals surface area contributed by atoms with Crippen LogP contribution in [0.2, 0.25) is 0 Å². The topological polar surface area (TPSA) is 51.8 Å². The standard InChI is InChI=1S/C11H11N3S2/c1-7-11(8-2-4-13-5-3-8)14-10(16-7)6-9(12)15/h2-5H,6H2,1H3,(H2,12,15). The normalized spacial score (nSPS) is 10.3. The van der Waals surface area contributed by atoms with Crippen LogP contribution in [0, 0.1) is 6.92 Å². The van der Waals surface area contributed by atoms with Crippen LogP contribution >= 0.6 is 23.6 Å². The van der Waals surface area contributed by atoms with Crippen LogP contribution in [0.25, 0.3) is 11.3 Å². The fraction of sp³-hybridized carbons (Fsp3) is 0.182. The summed E-state index contributed by atoms with van der Waals surface area (Å²) in [6.07, 6.45) is 4.11. The predicted octanol–water partition coefficient (Wildman–Crippen LogP) is 2.34. The molecule has 82 valence electrons. The van der Waals surface area contributed by atoms with Crippen molar-refractivity contribution in [2.75, 3.05) is 0 Å². The van der Waals surface area contributed by atoms with Crippen molar-refractivity contribution in [3.63, 3.8) is 0 Å². The summed E-state index contributed by atoms with van der Waals surface area (Å²) in [4.78, 5) is 10.2. The van der Waals surface area contributed by atoms with E-state index in [9.17, 15) is 0 Å². The zero-order valence-corrected chi connectivity index (χ0v) is 10.4. The Labute approximate surface area is 103 Å². The second kappa shape index (κ2) is 4.67. The number of pyridine rings is 1. The molecule has 16 heavy (non-hydrogen) atoms. The summed E-state index contributed by atoms with van der Waals surface area (Å²) < 4.78 is 0. The van der Waals surface area contributed by atoms with Gasteiger partial charge in [0.15, 0.2) is 0 Å². The van der Waals surface area contributed by atoms with Gasteiger partial charge in [-0.1, -0.05) is 12.2 Å². The molecule has 2 rings (SSSR count). The molecular weight excluding hydrogens is 238 g/mol. The molecule has 3 nitrogen and oxygen atoms in total. The van der Waals surface area contributed by atoms with Gasteiger partial charge in [-0.2, -0.15) is 0 Å². The molecule has 0 radical (unpaired) electrons. The largest absolute Gasteiger partial charge is 0.393 e. The van der Waals surface area contributed by atoms with Crippen LogP contribution in [-0.2, 0) is 6.42 Å². The van der Waals surface area contributed by atoms with Crippen molar-refractivity contribution in [1.82, 2.24) is 9.97 Å². The fourth-order valence-electron chi connectivity index (χ4n) is 1.45. The first-order valence-electron chi connectivity index (χ1n) is 4.82. The molecule has 5 heteroatoms. The maximum absolute atomic E-state index is 5.51. The molecule has 2 N–H and O–H groups in total. The Kier molecular flexibility index (Phi) is 3.26. The number of hydrogen-bond donors (Lipinski definition) is 1. The summed E-state index contributed by atoms with van der Waals surface area (Å²) >= 11 is 6.52. The highest BCUT2D eigenvalue weighted by Gasteiger charge is 2.09. The van der Waals surface area contributed by atoms with Crippen LogP contribution in [0.4, 0.5) is 0 Å². The van der Waals surface area contributed by atoms with Gasteiger partial charge in [-0.25, -0.2) is 4.98 Å². The van der Waals surface area contributed by atoms with Crippen LogP contribution in [0.1, 0.15) is 9.88 Å². The van der Waals surface area contributed by atoms with E-state index in [0.29, 0.717) is 11.4 Å². The fourth-order valence-corrected chi connectivity index (χ4v) is 2.66. The molecule has 0 spiro atoms. The molecule has 0 saturated carbocycles. The van der Waals surface area contributed by atoms with Crippen molar-refractivity contribution in [2.24, 2.45) is 5.73 Å². The number of aromatic nitrogens is 2. The summed E-state index contributed by atoms with van der Waals surface area (Å²) in [5, 5.41) is 0.969. The Morgan fingerprint density at radius 1 is 1.44 bits per heavy atom. The Morgan fingerprint density at radius 2 is 2.12 bits per heavy atom. The molecule has 0 bridgehead atoms. The molecule has 2 aromatic heterocycles. The number of thiocarbonyl (C=S) groups is 1. The van der Waals surface area contributed by atoms with Gasteiger partial charge in [-0.05, 0) is 19.1 Å². The number of hydrogen-bond acceptors (Lipinski definition) is 4. The quantitative estimate of drug-likeness (QED) is 0.848.